The summed E-state index contributed by atoms with van der Waals surface area (Å²) in [5.74, 6) is 0.650. The Bertz CT molecular complexity index is 1060. The predicted octanol–water partition coefficient (Wildman–Crippen LogP) is 2.70. The fraction of sp³-hybridized carbons (Fsp3) is 0.167. The van der Waals surface area contributed by atoms with E-state index in [0.29, 0.717) is 30.0 Å². The molecule has 3 heterocycles. The molecule has 1 aromatic carbocycles. The highest BCUT2D eigenvalue weighted by Gasteiger charge is 2.23. The fourth-order valence-corrected chi connectivity index (χ4v) is 3.60. The largest absolute Gasteiger partial charge is 0.378 e. The fourth-order valence-electron chi connectivity index (χ4n) is 3.13. The van der Waals surface area contributed by atoms with E-state index in [1.54, 1.807) is 17.3 Å². The van der Waals surface area contributed by atoms with Gasteiger partial charge in [-0.25, -0.2) is 4.98 Å². The quantitative estimate of drug-likeness (QED) is 0.410. The maximum atomic E-state index is 11.8. The Morgan fingerprint density at radius 3 is 2.78 bits per heavy atom. The van der Waals surface area contributed by atoms with E-state index >= 15 is 0 Å². The van der Waals surface area contributed by atoms with Gasteiger partial charge in [-0.3, -0.25) is 25.5 Å². The molecule has 3 aromatic rings. The van der Waals surface area contributed by atoms with E-state index in [2.05, 4.69) is 15.0 Å². The van der Waals surface area contributed by atoms with Crippen LogP contribution in [-0.2, 0) is 4.79 Å². The molecule has 1 fully saturated rings. The molecule has 1 amide bonds. The molecule has 27 heavy (non-hydrogen) atoms. The zero-order valence-electron chi connectivity index (χ0n) is 14.3. The zero-order chi connectivity index (χ0) is 19.0. The van der Waals surface area contributed by atoms with Crippen molar-refractivity contribution in [1.82, 2.24) is 15.0 Å². The summed E-state index contributed by atoms with van der Waals surface area (Å²) in [5, 5.41) is 16.4. The smallest absolute Gasteiger partial charge is 0.228 e. The Labute approximate surface area is 159 Å². The van der Waals surface area contributed by atoms with Crippen molar-refractivity contribution in [2.45, 2.75) is 12.8 Å². The van der Waals surface area contributed by atoms with Crippen molar-refractivity contribution in [2.24, 2.45) is 5.73 Å². The number of aromatic nitrogens is 3. The first-order valence-electron chi connectivity index (χ1n) is 8.37. The molecule has 0 radical (unpaired) electrons. The maximum absolute atomic E-state index is 11.8. The minimum absolute atomic E-state index is 0.0790. The van der Waals surface area contributed by atoms with Crippen LogP contribution in [0.4, 0.5) is 5.82 Å². The molecular weight excluding hydrogens is 362 g/mol. The molecule has 5 N–H and O–H groups in total. The number of amides is 1. The molecule has 1 aliphatic rings. The van der Waals surface area contributed by atoms with Gasteiger partial charge in [-0.1, -0.05) is 6.07 Å². The van der Waals surface area contributed by atoms with Gasteiger partial charge in [0.2, 0.25) is 5.91 Å². The molecule has 2 aromatic heterocycles. The monoisotopic (exact) mass is 379 g/mol. The second kappa shape index (κ2) is 6.84. The van der Waals surface area contributed by atoms with Crippen molar-refractivity contribution in [1.29, 1.82) is 10.8 Å². The molecule has 0 aliphatic carbocycles. The van der Waals surface area contributed by atoms with Gasteiger partial charge in [-0.15, -0.1) is 0 Å². The van der Waals surface area contributed by atoms with E-state index in [0.717, 1.165) is 34.6 Å². The van der Waals surface area contributed by atoms with Crippen LogP contribution in [0, 0.1) is 10.8 Å². The predicted molar refractivity (Wildman–Crippen MR) is 107 cm³/mol. The van der Waals surface area contributed by atoms with Crippen molar-refractivity contribution in [3.05, 3.63) is 42.4 Å². The molecule has 0 bridgehead atoms. The van der Waals surface area contributed by atoms with E-state index < -0.39 is 0 Å². The molecule has 136 valence electrons. The molecular formula is C18H17N7OS. The summed E-state index contributed by atoms with van der Waals surface area (Å²) in [6.45, 7) is 0.680. The van der Waals surface area contributed by atoms with Crippen molar-refractivity contribution >= 4 is 44.6 Å². The third-order valence-electron chi connectivity index (χ3n) is 4.42. The summed E-state index contributed by atoms with van der Waals surface area (Å²) in [6, 6.07) is 5.57. The summed E-state index contributed by atoms with van der Waals surface area (Å²) in [6.07, 6.45) is 6.53. The lowest BCUT2D eigenvalue weighted by Crippen LogP contribution is -2.24. The van der Waals surface area contributed by atoms with Gasteiger partial charge in [-0.2, -0.15) is 0 Å². The van der Waals surface area contributed by atoms with Crippen LogP contribution >= 0.6 is 11.8 Å². The number of amidine groups is 1. The number of hydrogen-bond acceptors (Lipinski definition) is 6. The molecule has 4 rings (SSSR count). The highest BCUT2D eigenvalue weighted by Crippen LogP contribution is 2.29. The van der Waals surface area contributed by atoms with Gasteiger partial charge in [0.15, 0.2) is 11.0 Å². The lowest BCUT2D eigenvalue weighted by atomic mass is 10.1. The molecule has 0 spiro atoms. The van der Waals surface area contributed by atoms with Crippen LogP contribution in [0.15, 0.2) is 36.8 Å². The summed E-state index contributed by atoms with van der Waals surface area (Å²) in [7, 11) is 0. The van der Waals surface area contributed by atoms with Crippen molar-refractivity contribution < 1.29 is 4.79 Å². The molecule has 1 saturated heterocycles. The summed E-state index contributed by atoms with van der Waals surface area (Å²) >= 11 is 0.905. The molecule has 0 atom stereocenters. The minimum atomic E-state index is -0.118. The Balaban J connectivity index is 1.68. The third-order valence-corrected chi connectivity index (χ3v) is 5.08. The SMILES string of the molecule is N=C(N)SC(=N)c1ccc2[nH]cc(-c3cnc(N4CCCC4=O)cn3)c2c1. The van der Waals surface area contributed by atoms with Crippen LogP contribution in [0.5, 0.6) is 0 Å². The van der Waals surface area contributed by atoms with Crippen molar-refractivity contribution in [2.75, 3.05) is 11.4 Å². The van der Waals surface area contributed by atoms with E-state index in [4.69, 9.17) is 16.6 Å². The van der Waals surface area contributed by atoms with Gasteiger partial charge in [0.05, 0.1) is 18.1 Å². The number of carbonyl (C=O) groups is 1. The normalized spacial score (nSPS) is 14.1. The van der Waals surface area contributed by atoms with Crippen LogP contribution in [0.1, 0.15) is 18.4 Å². The lowest BCUT2D eigenvalue weighted by Gasteiger charge is -2.13. The van der Waals surface area contributed by atoms with Crippen LogP contribution < -0.4 is 10.6 Å². The second-order valence-corrected chi connectivity index (χ2v) is 7.22. The number of thioether (sulfide) groups is 1. The number of rotatable bonds is 3. The topological polar surface area (TPSA) is 136 Å². The number of benzene rings is 1. The van der Waals surface area contributed by atoms with E-state index in [1.807, 2.05) is 24.4 Å². The van der Waals surface area contributed by atoms with Gasteiger partial charge < -0.3 is 10.7 Å². The van der Waals surface area contributed by atoms with Crippen LogP contribution in [0.3, 0.4) is 0 Å². The van der Waals surface area contributed by atoms with Gasteiger partial charge in [0.25, 0.3) is 0 Å². The van der Waals surface area contributed by atoms with Crippen LogP contribution in [0.25, 0.3) is 22.2 Å². The van der Waals surface area contributed by atoms with Crippen LogP contribution in [-0.4, -0.2) is 37.6 Å². The molecule has 8 nitrogen and oxygen atoms in total. The highest BCUT2D eigenvalue weighted by molar-refractivity contribution is 8.26. The average Bonchev–Trinajstić information content (AvgIpc) is 3.27. The average molecular weight is 379 g/mol. The Morgan fingerprint density at radius 2 is 2.11 bits per heavy atom. The number of hydrogen-bond donors (Lipinski definition) is 4. The van der Waals surface area contributed by atoms with E-state index in [-0.39, 0.29) is 16.1 Å². The molecule has 9 heteroatoms. The van der Waals surface area contributed by atoms with Gasteiger partial charge >= 0.3 is 0 Å². The first-order valence-corrected chi connectivity index (χ1v) is 9.19. The van der Waals surface area contributed by atoms with E-state index in [9.17, 15) is 4.79 Å². The number of H-pyrrole nitrogens is 1. The maximum Gasteiger partial charge on any atom is 0.228 e. The van der Waals surface area contributed by atoms with Crippen LogP contribution in [0.2, 0.25) is 0 Å². The Hall–Kier alpha value is -3.20. The Kier molecular flexibility index (Phi) is 4.36. The number of nitrogens with two attached hydrogens (primary N) is 1. The minimum Gasteiger partial charge on any atom is -0.378 e. The Morgan fingerprint density at radius 1 is 1.26 bits per heavy atom. The number of nitrogens with zero attached hydrogens (tertiary/aromatic N) is 3. The standard InChI is InChI=1S/C18H17N7OS/c19-17(27-18(20)21)10-3-4-13-11(6-10)12(7-22-13)14-8-24-15(9-23-14)25-5-1-2-16(25)26/h3-4,6-9,19,22H,1-2,5H2,(H3,20,21). The second-order valence-electron chi connectivity index (χ2n) is 6.17. The summed E-state index contributed by atoms with van der Waals surface area (Å²) in [5.41, 5.74) is 8.50. The summed E-state index contributed by atoms with van der Waals surface area (Å²) < 4.78 is 0. The molecule has 1 aliphatic heterocycles. The third kappa shape index (κ3) is 3.28. The van der Waals surface area contributed by atoms with Gasteiger partial charge in [0.1, 0.15) is 5.04 Å². The first kappa shape index (κ1) is 17.2. The molecule has 0 saturated carbocycles. The number of nitrogens with one attached hydrogen (secondary N) is 3. The van der Waals surface area contributed by atoms with Gasteiger partial charge in [0, 0.05) is 41.2 Å². The van der Waals surface area contributed by atoms with Crippen molar-refractivity contribution in [3.8, 4) is 11.3 Å². The number of carbonyl (C=O) groups excluding carboxylic acids is 1. The molecule has 0 unspecified atom stereocenters. The number of fused-ring (bicyclic) bond motifs is 1. The zero-order valence-corrected chi connectivity index (χ0v) is 15.1. The highest BCUT2D eigenvalue weighted by atomic mass is 32.2. The van der Waals surface area contributed by atoms with E-state index in [1.165, 1.54) is 0 Å². The lowest BCUT2D eigenvalue weighted by molar-refractivity contribution is -0.117. The first-order chi connectivity index (χ1) is 13.0. The van der Waals surface area contributed by atoms with Crippen molar-refractivity contribution in [3.63, 3.8) is 0 Å². The van der Waals surface area contributed by atoms with Gasteiger partial charge in [-0.05, 0) is 30.3 Å². The number of aromatic amines is 1. The number of anilines is 1. The summed E-state index contributed by atoms with van der Waals surface area (Å²) in [4.78, 5) is 25.6.